The molecule has 5 rings (SSSR count). The summed E-state index contributed by atoms with van der Waals surface area (Å²) in [7, 11) is 0. The van der Waals surface area contributed by atoms with E-state index in [4.69, 9.17) is 21.4 Å². The van der Waals surface area contributed by atoms with E-state index in [9.17, 15) is 14.0 Å². The molecule has 29 heavy (non-hydrogen) atoms. The van der Waals surface area contributed by atoms with Crippen LogP contribution in [0.5, 0.6) is 5.75 Å². The highest BCUT2D eigenvalue weighted by molar-refractivity contribution is 6.30. The Labute approximate surface area is 170 Å². The summed E-state index contributed by atoms with van der Waals surface area (Å²) in [5, 5.41) is 14.9. The molecular formula is C19H18ClFN4O4. The van der Waals surface area contributed by atoms with Crippen molar-refractivity contribution in [2.24, 2.45) is 0 Å². The van der Waals surface area contributed by atoms with Crippen LogP contribution in [0.1, 0.15) is 35.4 Å². The second-order valence-electron chi connectivity index (χ2n) is 7.51. The average Bonchev–Trinajstić information content (AvgIpc) is 2.66. The van der Waals surface area contributed by atoms with Crippen LogP contribution in [0, 0.1) is 5.82 Å². The fourth-order valence-electron chi connectivity index (χ4n) is 4.00. The molecule has 3 aliphatic carbocycles. The number of nitrogens with one attached hydrogen (secondary N) is 2. The minimum absolute atomic E-state index is 0.0166. The SMILES string of the molecule is O=C(COc1ccc(Cl)c(F)c1)NC12CC(NC(=O)c3cncc(CO)n3)(C1)C2. The number of aliphatic hydroxyl groups excluding tert-OH is 1. The number of carbonyl (C=O) groups is 2. The number of benzene rings is 1. The summed E-state index contributed by atoms with van der Waals surface area (Å²) in [6.45, 7) is -0.537. The van der Waals surface area contributed by atoms with Gasteiger partial charge in [0.2, 0.25) is 0 Å². The van der Waals surface area contributed by atoms with E-state index in [2.05, 4.69) is 20.6 Å². The maximum Gasteiger partial charge on any atom is 0.271 e. The molecule has 1 aromatic heterocycles. The highest BCUT2D eigenvalue weighted by Crippen LogP contribution is 2.60. The maximum atomic E-state index is 13.4. The van der Waals surface area contributed by atoms with Crippen molar-refractivity contribution < 1.29 is 23.8 Å². The molecule has 8 nitrogen and oxygen atoms in total. The fraction of sp³-hybridized carbons (Fsp3) is 0.368. The molecule has 0 aliphatic heterocycles. The Morgan fingerprint density at radius 2 is 1.93 bits per heavy atom. The molecule has 2 bridgehead atoms. The Bertz CT molecular complexity index is 967. The number of amides is 2. The first-order valence-corrected chi connectivity index (χ1v) is 9.33. The van der Waals surface area contributed by atoms with Crippen molar-refractivity contribution in [3.63, 3.8) is 0 Å². The molecule has 0 unspecified atom stereocenters. The molecule has 0 radical (unpaired) electrons. The zero-order chi connectivity index (χ0) is 20.6. The largest absolute Gasteiger partial charge is 0.484 e. The van der Waals surface area contributed by atoms with Crippen LogP contribution in [0.25, 0.3) is 0 Å². The van der Waals surface area contributed by atoms with Crippen molar-refractivity contribution in [1.82, 2.24) is 20.6 Å². The Kier molecular flexibility index (Phi) is 4.87. The van der Waals surface area contributed by atoms with Gasteiger partial charge in [-0.2, -0.15) is 0 Å². The molecule has 1 heterocycles. The fourth-order valence-corrected chi connectivity index (χ4v) is 4.11. The average molecular weight is 421 g/mol. The third-order valence-corrected chi connectivity index (χ3v) is 5.46. The molecular weight excluding hydrogens is 403 g/mol. The van der Waals surface area contributed by atoms with Crippen LogP contribution in [0.2, 0.25) is 5.02 Å². The van der Waals surface area contributed by atoms with Gasteiger partial charge in [0, 0.05) is 17.1 Å². The van der Waals surface area contributed by atoms with Crippen LogP contribution in [0.15, 0.2) is 30.6 Å². The van der Waals surface area contributed by atoms with Crippen molar-refractivity contribution in [2.75, 3.05) is 6.61 Å². The van der Waals surface area contributed by atoms with Gasteiger partial charge in [-0.3, -0.25) is 14.6 Å². The van der Waals surface area contributed by atoms with Gasteiger partial charge >= 0.3 is 0 Å². The van der Waals surface area contributed by atoms with Crippen molar-refractivity contribution in [2.45, 2.75) is 36.9 Å². The summed E-state index contributed by atoms with van der Waals surface area (Å²) in [6.07, 6.45) is 4.57. The van der Waals surface area contributed by atoms with Gasteiger partial charge in [0.15, 0.2) is 6.61 Å². The first-order chi connectivity index (χ1) is 13.8. The van der Waals surface area contributed by atoms with Crippen LogP contribution in [-0.2, 0) is 11.4 Å². The van der Waals surface area contributed by atoms with Crippen molar-refractivity contribution in [1.29, 1.82) is 0 Å². The molecule has 0 saturated heterocycles. The Balaban J connectivity index is 1.24. The van der Waals surface area contributed by atoms with Gasteiger partial charge in [0.1, 0.15) is 17.3 Å². The van der Waals surface area contributed by atoms with Crippen molar-refractivity contribution >= 4 is 23.4 Å². The van der Waals surface area contributed by atoms with Crippen molar-refractivity contribution in [3.8, 4) is 5.75 Å². The quantitative estimate of drug-likeness (QED) is 0.623. The van der Waals surface area contributed by atoms with Gasteiger partial charge in [-0.15, -0.1) is 0 Å². The Morgan fingerprint density at radius 3 is 2.62 bits per heavy atom. The monoisotopic (exact) mass is 420 g/mol. The van der Waals surface area contributed by atoms with Gasteiger partial charge in [0.25, 0.3) is 11.8 Å². The molecule has 3 aliphatic rings. The lowest BCUT2D eigenvalue weighted by molar-refractivity contribution is -0.141. The lowest BCUT2D eigenvalue weighted by Crippen LogP contribution is -2.84. The van der Waals surface area contributed by atoms with Gasteiger partial charge in [0.05, 0.1) is 29.7 Å². The number of nitrogens with zero attached hydrogens (tertiary/aromatic N) is 2. The predicted octanol–water partition coefficient (Wildman–Crippen LogP) is 1.36. The van der Waals surface area contributed by atoms with Crippen LogP contribution < -0.4 is 15.4 Å². The van der Waals surface area contributed by atoms with Crippen molar-refractivity contribution in [3.05, 3.63) is 52.8 Å². The normalized spacial score (nSPS) is 24.1. The van der Waals surface area contributed by atoms with E-state index < -0.39 is 5.82 Å². The van der Waals surface area contributed by atoms with Gasteiger partial charge in [-0.25, -0.2) is 9.37 Å². The number of carbonyl (C=O) groups excluding carboxylic acids is 2. The summed E-state index contributed by atoms with van der Waals surface area (Å²) in [5.74, 6) is -1.08. The second kappa shape index (κ2) is 7.23. The minimum atomic E-state index is -0.615. The molecule has 1 aromatic carbocycles. The van der Waals surface area contributed by atoms with Crippen LogP contribution in [0.3, 0.4) is 0 Å². The van der Waals surface area contributed by atoms with E-state index in [-0.39, 0.29) is 52.6 Å². The number of ether oxygens (including phenoxy) is 1. The van der Waals surface area contributed by atoms with Gasteiger partial charge in [-0.05, 0) is 31.4 Å². The Morgan fingerprint density at radius 1 is 1.21 bits per heavy atom. The zero-order valence-electron chi connectivity index (χ0n) is 15.2. The van der Waals surface area contributed by atoms with E-state index in [1.807, 2.05) is 0 Å². The summed E-state index contributed by atoms with van der Waals surface area (Å²) >= 11 is 5.61. The number of aliphatic hydroxyl groups is 1. The van der Waals surface area contributed by atoms with Gasteiger partial charge < -0.3 is 20.5 Å². The van der Waals surface area contributed by atoms with Crippen LogP contribution in [0.4, 0.5) is 4.39 Å². The Hall–Kier alpha value is -2.78. The lowest BCUT2D eigenvalue weighted by Gasteiger charge is -2.70. The highest BCUT2D eigenvalue weighted by atomic mass is 35.5. The van der Waals surface area contributed by atoms with E-state index in [0.717, 1.165) is 6.07 Å². The highest BCUT2D eigenvalue weighted by Gasteiger charge is 2.69. The van der Waals surface area contributed by atoms with Crippen LogP contribution >= 0.6 is 11.6 Å². The second-order valence-corrected chi connectivity index (χ2v) is 7.92. The molecule has 0 atom stereocenters. The third-order valence-electron chi connectivity index (χ3n) is 5.15. The molecule has 152 valence electrons. The molecule has 10 heteroatoms. The van der Waals surface area contributed by atoms with E-state index in [1.165, 1.54) is 24.5 Å². The molecule has 3 saturated carbocycles. The third kappa shape index (κ3) is 3.88. The van der Waals surface area contributed by atoms with E-state index in [1.54, 1.807) is 0 Å². The number of aromatic nitrogens is 2. The summed E-state index contributed by atoms with van der Waals surface area (Å²) in [5.41, 5.74) is -0.249. The summed E-state index contributed by atoms with van der Waals surface area (Å²) in [4.78, 5) is 32.4. The zero-order valence-corrected chi connectivity index (χ0v) is 16.0. The first-order valence-electron chi connectivity index (χ1n) is 8.95. The summed E-state index contributed by atoms with van der Waals surface area (Å²) < 4.78 is 18.7. The van der Waals surface area contributed by atoms with Crippen LogP contribution in [-0.4, -0.2) is 44.6 Å². The van der Waals surface area contributed by atoms with Gasteiger partial charge in [-0.1, -0.05) is 11.6 Å². The predicted molar refractivity (Wildman–Crippen MR) is 99.8 cm³/mol. The molecule has 3 N–H and O–H groups in total. The van der Waals surface area contributed by atoms with E-state index in [0.29, 0.717) is 25.0 Å². The summed E-state index contributed by atoms with van der Waals surface area (Å²) in [6, 6.07) is 3.97. The number of halogens is 2. The molecule has 0 spiro atoms. The number of hydrogen-bond acceptors (Lipinski definition) is 6. The standard InChI is InChI=1S/C19H18ClFN4O4/c20-13-2-1-12(3-14(13)21)29-7-16(27)24-18-8-19(9-18,10-18)25-17(28)15-5-22-4-11(6-26)23-15/h1-5,26H,6-10H2,(H,24,27)(H,25,28). The minimum Gasteiger partial charge on any atom is -0.484 e. The number of hydrogen-bond donors (Lipinski definition) is 3. The topological polar surface area (TPSA) is 113 Å². The molecule has 2 amide bonds. The first kappa shape index (κ1) is 19.5. The number of rotatable bonds is 7. The molecule has 2 aromatic rings. The maximum absolute atomic E-state index is 13.4. The lowest BCUT2D eigenvalue weighted by atomic mass is 9.44. The van der Waals surface area contributed by atoms with E-state index >= 15 is 0 Å². The smallest absolute Gasteiger partial charge is 0.271 e. The molecule has 3 fully saturated rings.